The van der Waals surface area contributed by atoms with Crippen molar-refractivity contribution in [3.05, 3.63) is 0 Å². The predicted octanol–water partition coefficient (Wildman–Crippen LogP) is 1.83. The van der Waals surface area contributed by atoms with Crippen LogP contribution in [0.5, 0.6) is 0 Å². The first-order chi connectivity index (χ1) is 10.1. The monoisotopic (exact) mass is 290 g/mol. The highest BCUT2D eigenvalue weighted by molar-refractivity contribution is 5.15. The quantitative estimate of drug-likeness (QED) is 0.839. The van der Waals surface area contributed by atoms with Crippen LogP contribution in [-0.4, -0.2) is 61.2 Å². The average molecular weight is 290 g/mol. The summed E-state index contributed by atoms with van der Waals surface area (Å²) >= 11 is 0. The van der Waals surface area contributed by atoms with Crippen LogP contribution in [0, 0.1) is 17.2 Å². The first-order valence-electron chi connectivity index (χ1n) is 8.68. The Kier molecular flexibility index (Phi) is 4.54. The van der Waals surface area contributed by atoms with Crippen molar-refractivity contribution >= 4 is 0 Å². The zero-order valence-corrected chi connectivity index (χ0v) is 13.6. The molecule has 2 saturated carbocycles. The summed E-state index contributed by atoms with van der Waals surface area (Å²) in [7, 11) is 4.50. The van der Waals surface area contributed by atoms with E-state index in [-0.39, 0.29) is 5.54 Å². The Labute approximate surface area is 129 Å². The van der Waals surface area contributed by atoms with E-state index in [1.54, 1.807) is 0 Å². The summed E-state index contributed by atoms with van der Waals surface area (Å²) in [5, 5.41) is 13.2. The Morgan fingerprint density at radius 1 is 1.24 bits per heavy atom. The van der Waals surface area contributed by atoms with Gasteiger partial charge in [0.1, 0.15) is 5.54 Å². The Hall–Kier alpha value is -0.630. The normalized spacial score (nSPS) is 35.2. The Bertz CT molecular complexity index is 392. The lowest BCUT2D eigenvalue weighted by molar-refractivity contribution is 0.148. The van der Waals surface area contributed by atoms with Gasteiger partial charge in [0, 0.05) is 18.6 Å². The van der Waals surface area contributed by atoms with Crippen molar-refractivity contribution in [2.75, 3.05) is 33.7 Å². The molecule has 4 heteroatoms. The van der Waals surface area contributed by atoms with Gasteiger partial charge < -0.3 is 9.80 Å². The van der Waals surface area contributed by atoms with Gasteiger partial charge in [-0.15, -0.1) is 0 Å². The predicted molar refractivity (Wildman–Crippen MR) is 85.0 cm³/mol. The fourth-order valence-corrected chi connectivity index (χ4v) is 4.08. The fraction of sp³-hybridized carbons (Fsp3) is 0.941. The third-order valence-electron chi connectivity index (χ3n) is 5.77. The third kappa shape index (κ3) is 3.77. The maximum absolute atomic E-state index is 9.61. The van der Waals surface area contributed by atoms with E-state index < -0.39 is 0 Å². The summed E-state index contributed by atoms with van der Waals surface area (Å²) in [6.07, 6.45) is 8.41. The summed E-state index contributed by atoms with van der Waals surface area (Å²) in [4.78, 5) is 4.98. The van der Waals surface area contributed by atoms with E-state index >= 15 is 0 Å². The highest BCUT2D eigenvalue weighted by atomic mass is 15.2. The molecule has 0 aromatic carbocycles. The zero-order chi connectivity index (χ0) is 14.9. The summed E-state index contributed by atoms with van der Waals surface area (Å²) in [5.41, 5.74) is -0.229. The molecule has 2 unspecified atom stereocenters. The van der Waals surface area contributed by atoms with Crippen molar-refractivity contribution in [3.8, 4) is 6.07 Å². The van der Waals surface area contributed by atoms with Gasteiger partial charge in [-0.2, -0.15) is 5.26 Å². The van der Waals surface area contributed by atoms with Gasteiger partial charge in [-0.05, 0) is 78.0 Å². The minimum absolute atomic E-state index is 0.229. The van der Waals surface area contributed by atoms with E-state index in [4.69, 9.17) is 0 Å². The molecule has 0 aromatic heterocycles. The molecule has 118 valence electrons. The van der Waals surface area contributed by atoms with Crippen molar-refractivity contribution in [2.45, 2.75) is 62.6 Å². The summed E-state index contributed by atoms with van der Waals surface area (Å²) in [6, 6.07) is 3.82. The van der Waals surface area contributed by atoms with Crippen LogP contribution >= 0.6 is 0 Å². The van der Waals surface area contributed by atoms with E-state index in [0.29, 0.717) is 12.1 Å². The van der Waals surface area contributed by atoms with E-state index in [9.17, 15) is 5.26 Å². The van der Waals surface area contributed by atoms with Crippen LogP contribution in [0.15, 0.2) is 0 Å². The fourth-order valence-electron chi connectivity index (χ4n) is 4.08. The molecule has 1 heterocycles. The van der Waals surface area contributed by atoms with Gasteiger partial charge in [-0.25, -0.2) is 0 Å². The van der Waals surface area contributed by atoms with Crippen molar-refractivity contribution in [1.82, 2.24) is 15.1 Å². The molecule has 1 aliphatic heterocycles. The van der Waals surface area contributed by atoms with Crippen LogP contribution in [0.3, 0.4) is 0 Å². The van der Waals surface area contributed by atoms with Gasteiger partial charge in [0.25, 0.3) is 0 Å². The van der Waals surface area contributed by atoms with E-state index in [2.05, 4.69) is 35.3 Å². The molecule has 1 saturated heterocycles. The van der Waals surface area contributed by atoms with Gasteiger partial charge in [0.05, 0.1) is 6.07 Å². The topological polar surface area (TPSA) is 42.3 Å². The number of piperidine rings is 1. The molecular formula is C17H30N4. The van der Waals surface area contributed by atoms with Gasteiger partial charge >= 0.3 is 0 Å². The van der Waals surface area contributed by atoms with Gasteiger partial charge in [-0.1, -0.05) is 0 Å². The van der Waals surface area contributed by atoms with E-state index in [1.165, 1.54) is 51.7 Å². The number of rotatable bonds is 5. The molecule has 3 rings (SSSR count). The van der Waals surface area contributed by atoms with E-state index in [0.717, 1.165) is 18.8 Å². The Morgan fingerprint density at radius 2 is 1.95 bits per heavy atom. The largest absolute Gasteiger partial charge is 0.306 e. The smallest absolute Gasteiger partial charge is 0.108 e. The maximum Gasteiger partial charge on any atom is 0.108 e. The second kappa shape index (κ2) is 6.24. The number of nitrogens with zero attached hydrogens (tertiary/aromatic N) is 3. The molecule has 0 aromatic rings. The maximum atomic E-state index is 9.61. The van der Waals surface area contributed by atoms with Crippen molar-refractivity contribution < 1.29 is 0 Å². The minimum atomic E-state index is -0.229. The van der Waals surface area contributed by atoms with Gasteiger partial charge in [-0.3, -0.25) is 5.32 Å². The summed E-state index contributed by atoms with van der Waals surface area (Å²) in [6.45, 7) is 3.70. The molecule has 3 aliphatic rings. The van der Waals surface area contributed by atoms with Crippen molar-refractivity contribution in [3.63, 3.8) is 0 Å². The molecular weight excluding hydrogens is 260 g/mol. The highest BCUT2D eigenvalue weighted by Crippen LogP contribution is 2.36. The molecule has 1 N–H and O–H groups in total. The van der Waals surface area contributed by atoms with Crippen LogP contribution < -0.4 is 5.32 Å². The molecule has 0 bridgehead atoms. The Balaban J connectivity index is 1.49. The van der Waals surface area contributed by atoms with Gasteiger partial charge in [0.2, 0.25) is 0 Å². The van der Waals surface area contributed by atoms with Crippen LogP contribution in [0.4, 0.5) is 0 Å². The first kappa shape index (κ1) is 15.3. The average Bonchev–Trinajstić information content (AvgIpc) is 3.18. The second-order valence-corrected chi connectivity index (χ2v) is 7.70. The molecule has 3 fully saturated rings. The number of hydrogen-bond acceptors (Lipinski definition) is 4. The molecule has 0 radical (unpaired) electrons. The lowest BCUT2D eigenvalue weighted by atomic mass is 9.95. The Morgan fingerprint density at radius 3 is 2.57 bits per heavy atom. The first-order valence-corrected chi connectivity index (χ1v) is 8.68. The lowest BCUT2D eigenvalue weighted by Gasteiger charge is -2.34. The van der Waals surface area contributed by atoms with Gasteiger partial charge in [0.15, 0.2) is 0 Å². The SMILES string of the molecule is CN1CCC(CN(C)C2CCC(C#N)(NC3CC3)C2)CC1. The summed E-state index contributed by atoms with van der Waals surface area (Å²) in [5.74, 6) is 0.847. The lowest BCUT2D eigenvalue weighted by Crippen LogP contribution is -2.45. The minimum Gasteiger partial charge on any atom is -0.306 e. The van der Waals surface area contributed by atoms with Crippen LogP contribution in [0.1, 0.15) is 44.9 Å². The molecule has 21 heavy (non-hydrogen) atoms. The number of nitriles is 1. The molecule has 4 nitrogen and oxygen atoms in total. The second-order valence-electron chi connectivity index (χ2n) is 7.70. The standard InChI is InChI=1S/C17H30N4/c1-20-9-6-14(7-10-20)12-21(2)16-5-8-17(11-16,13-18)19-15-3-4-15/h14-16,19H,3-12H2,1-2H3. The van der Waals surface area contributed by atoms with Crippen LogP contribution in [0.2, 0.25) is 0 Å². The van der Waals surface area contributed by atoms with Crippen LogP contribution in [-0.2, 0) is 0 Å². The van der Waals surface area contributed by atoms with Crippen molar-refractivity contribution in [2.24, 2.45) is 5.92 Å². The third-order valence-corrected chi connectivity index (χ3v) is 5.77. The molecule has 2 aliphatic carbocycles. The highest BCUT2D eigenvalue weighted by Gasteiger charge is 2.44. The van der Waals surface area contributed by atoms with Crippen molar-refractivity contribution in [1.29, 1.82) is 5.26 Å². The number of hydrogen-bond donors (Lipinski definition) is 1. The number of nitrogens with one attached hydrogen (secondary N) is 1. The molecule has 0 spiro atoms. The molecule has 0 amide bonds. The van der Waals surface area contributed by atoms with E-state index in [1.807, 2.05) is 0 Å². The zero-order valence-electron chi connectivity index (χ0n) is 13.6. The number of likely N-dealkylation sites (tertiary alicyclic amines) is 1. The molecule has 2 atom stereocenters. The summed E-state index contributed by atoms with van der Waals surface area (Å²) < 4.78 is 0. The van der Waals surface area contributed by atoms with Crippen LogP contribution in [0.25, 0.3) is 0 Å².